The molecule has 0 saturated heterocycles. The van der Waals surface area contributed by atoms with Crippen LogP contribution in [0.1, 0.15) is 27.2 Å². The van der Waals surface area contributed by atoms with E-state index in [0.717, 1.165) is 16.7 Å². The van der Waals surface area contributed by atoms with E-state index in [-0.39, 0.29) is 29.5 Å². The number of aromatic nitrogens is 2. The first kappa shape index (κ1) is 24.7. The molecule has 0 aliphatic heterocycles. The summed E-state index contributed by atoms with van der Waals surface area (Å²) in [6, 6.07) is 16.3. The van der Waals surface area contributed by atoms with Gasteiger partial charge in [0.05, 0.1) is 16.7 Å². The van der Waals surface area contributed by atoms with Crippen molar-refractivity contribution in [2.75, 3.05) is 5.32 Å². The van der Waals surface area contributed by atoms with Gasteiger partial charge in [0.15, 0.2) is 6.73 Å². The van der Waals surface area contributed by atoms with Crippen molar-refractivity contribution in [3.05, 3.63) is 104 Å². The van der Waals surface area contributed by atoms with E-state index < -0.39 is 10.8 Å². The van der Waals surface area contributed by atoms with Gasteiger partial charge in [0.1, 0.15) is 22.9 Å². The summed E-state index contributed by atoms with van der Waals surface area (Å²) in [6.45, 7) is 5.80. The molecule has 0 bridgehead atoms. The molecule has 0 aliphatic rings. The molecule has 184 valence electrons. The van der Waals surface area contributed by atoms with Crippen LogP contribution in [0.15, 0.2) is 66.9 Å². The molecule has 0 atom stereocenters. The predicted octanol–water partition coefficient (Wildman–Crippen LogP) is 6.45. The third kappa shape index (κ3) is 5.81. The Balaban J connectivity index is 1.54. The highest BCUT2D eigenvalue weighted by molar-refractivity contribution is 6.30. The number of aryl methyl sites for hydroxylation is 2. The number of ether oxygens (including phenoxy) is 2. The SMILES string of the molecule is Cc1cc(C)c(C)c(Oc2cc(NC(=O)c3ccnn3COc3ccc(Cl)cc3)cc([N+](=O)[O-])c2)c1. The zero-order chi connectivity index (χ0) is 25.8. The number of carbonyl (C=O) groups excluding carboxylic acids is 1. The number of anilines is 1. The second-order valence-electron chi connectivity index (χ2n) is 8.18. The first-order valence-corrected chi connectivity index (χ1v) is 11.3. The molecule has 10 heteroatoms. The highest BCUT2D eigenvalue weighted by atomic mass is 35.5. The number of halogens is 1. The first-order valence-electron chi connectivity index (χ1n) is 11.0. The number of nitro benzene ring substituents is 1. The fraction of sp³-hybridized carbons (Fsp3) is 0.154. The quantitative estimate of drug-likeness (QED) is 0.217. The number of benzene rings is 3. The zero-order valence-electron chi connectivity index (χ0n) is 19.8. The highest BCUT2D eigenvalue weighted by Gasteiger charge is 2.17. The molecule has 1 amide bonds. The van der Waals surface area contributed by atoms with Crippen LogP contribution in [0.25, 0.3) is 0 Å². The van der Waals surface area contributed by atoms with Crippen molar-refractivity contribution in [2.45, 2.75) is 27.5 Å². The molecular formula is C26H23ClN4O5. The lowest BCUT2D eigenvalue weighted by atomic mass is 10.1. The van der Waals surface area contributed by atoms with E-state index in [2.05, 4.69) is 10.4 Å². The van der Waals surface area contributed by atoms with E-state index in [0.29, 0.717) is 16.5 Å². The van der Waals surface area contributed by atoms with Crippen molar-refractivity contribution in [3.63, 3.8) is 0 Å². The Hall–Kier alpha value is -4.37. The van der Waals surface area contributed by atoms with Gasteiger partial charge in [-0.05, 0) is 73.9 Å². The third-order valence-electron chi connectivity index (χ3n) is 5.47. The largest absolute Gasteiger partial charge is 0.471 e. The number of nitro groups is 1. The van der Waals surface area contributed by atoms with Crippen LogP contribution in [0, 0.1) is 30.9 Å². The van der Waals surface area contributed by atoms with Gasteiger partial charge in [-0.3, -0.25) is 14.9 Å². The second-order valence-corrected chi connectivity index (χ2v) is 8.61. The van der Waals surface area contributed by atoms with Crippen LogP contribution in [0.2, 0.25) is 5.02 Å². The summed E-state index contributed by atoms with van der Waals surface area (Å²) < 4.78 is 13.0. The minimum atomic E-state index is -0.541. The van der Waals surface area contributed by atoms with Crippen LogP contribution in [-0.2, 0) is 6.73 Å². The van der Waals surface area contributed by atoms with E-state index in [1.165, 1.54) is 35.1 Å². The van der Waals surface area contributed by atoms with E-state index in [4.69, 9.17) is 21.1 Å². The number of amides is 1. The lowest BCUT2D eigenvalue weighted by molar-refractivity contribution is -0.384. The Kier molecular flexibility index (Phi) is 7.21. The van der Waals surface area contributed by atoms with Crippen molar-refractivity contribution in [1.82, 2.24) is 9.78 Å². The van der Waals surface area contributed by atoms with Gasteiger partial charge in [-0.1, -0.05) is 17.7 Å². The summed E-state index contributed by atoms with van der Waals surface area (Å²) in [7, 11) is 0. The van der Waals surface area contributed by atoms with Gasteiger partial charge < -0.3 is 14.8 Å². The van der Waals surface area contributed by atoms with Crippen molar-refractivity contribution < 1.29 is 19.2 Å². The Morgan fingerprint density at radius 1 is 1.06 bits per heavy atom. The number of hydrogen-bond donors (Lipinski definition) is 1. The molecule has 36 heavy (non-hydrogen) atoms. The van der Waals surface area contributed by atoms with Crippen LogP contribution in [0.5, 0.6) is 17.2 Å². The summed E-state index contributed by atoms with van der Waals surface area (Å²) in [4.78, 5) is 24.0. The molecule has 0 fully saturated rings. The monoisotopic (exact) mass is 506 g/mol. The van der Waals surface area contributed by atoms with Crippen molar-refractivity contribution >= 4 is 28.9 Å². The maximum atomic E-state index is 13.0. The zero-order valence-corrected chi connectivity index (χ0v) is 20.6. The molecule has 1 heterocycles. The first-order chi connectivity index (χ1) is 17.2. The van der Waals surface area contributed by atoms with Crippen molar-refractivity contribution in [1.29, 1.82) is 0 Å². The molecule has 9 nitrogen and oxygen atoms in total. The number of carbonyl (C=O) groups is 1. The Bertz CT molecular complexity index is 1430. The number of hydrogen-bond acceptors (Lipinski definition) is 6. The minimum absolute atomic E-state index is 0.0212. The Labute approximate surface area is 212 Å². The fourth-order valence-electron chi connectivity index (χ4n) is 3.54. The maximum absolute atomic E-state index is 13.0. The molecule has 0 saturated carbocycles. The molecule has 4 aromatic rings. The molecule has 4 rings (SSSR count). The summed E-state index contributed by atoms with van der Waals surface area (Å²) >= 11 is 5.89. The van der Waals surface area contributed by atoms with Crippen LogP contribution >= 0.6 is 11.6 Å². The summed E-state index contributed by atoms with van der Waals surface area (Å²) in [5, 5.41) is 18.9. The smallest absolute Gasteiger partial charge is 0.275 e. The average molecular weight is 507 g/mol. The topological polar surface area (TPSA) is 109 Å². The van der Waals surface area contributed by atoms with Gasteiger partial charge in [0.2, 0.25) is 0 Å². The van der Waals surface area contributed by atoms with Gasteiger partial charge in [-0.15, -0.1) is 0 Å². The molecule has 0 radical (unpaired) electrons. The van der Waals surface area contributed by atoms with E-state index in [1.54, 1.807) is 24.3 Å². The normalized spacial score (nSPS) is 10.7. The molecule has 0 unspecified atom stereocenters. The van der Waals surface area contributed by atoms with E-state index in [9.17, 15) is 14.9 Å². The molecular weight excluding hydrogens is 484 g/mol. The molecule has 3 aromatic carbocycles. The van der Waals surface area contributed by atoms with Gasteiger partial charge in [-0.2, -0.15) is 5.10 Å². The Morgan fingerprint density at radius 2 is 1.81 bits per heavy atom. The highest BCUT2D eigenvalue weighted by Crippen LogP contribution is 2.33. The van der Waals surface area contributed by atoms with E-state index >= 15 is 0 Å². The van der Waals surface area contributed by atoms with Gasteiger partial charge in [-0.25, -0.2) is 4.68 Å². The lowest BCUT2D eigenvalue weighted by Crippen LogP contribution is -2.19. The van der Waals surface area contributed by atoms with Crippen LogP contribution < -0.4 is 14.8 Å². The molecule has 1 N–H and O–H groups in total. The van der Waals surface area contributed by atoms with Gasteiger partial charge in [0.25, 0.3) is 11.6 Å². The summed E-state index contributed by atoms with van der Waals surface area (Å²) in [5.74, 6) is 0.861. The maximum Gasteiger partial charge on any atom is 0.275 e. The number of non-ortho nitro benzene ring substituents is 1. The lowest BCUT2D eigenvalue weighted by Gasteiger charge is -2.14. The fourth-order valence-corrected chi connectivity index (χ4v) is 3.67. The molecule has 1 aromatic heterocycles. The summed E-state index contributed by atoms with van der Waals surface area (Å²) in [6.07, 6.45) is 1.46. The van der Waals surface area contributed by atoms with Crippen molar-refractivity contribution in [2.24, 2.45) is 0 Å². The van der Waals surface area contributed by atoms with Crippen molar-refractivity contribution in [3.8, 4) is 17.2 Å². The van der Waals surface area contributed by atoms with Crippen LogP contribution in [-0.4, -0.2) is 20.6 Å². The minimum Gasteiger partial charge on any atom is -0.471 e. The van der Waals surface area contributed by atoms with Crippen LogP contribution in [0.3, 0.4) is 0 Å². The van der Waals surface area contributed by atoms with Crippen LogP contribution in [0.4, 0.5) is 11.4 Å². The molecule has 0 aliphatic carbocycles. The van der Waals surface area contributed by atoms with Gasteiger partial charge in [0, 0.05) is 23.4 Å². The summed E-state index contributed by atoms with van der Waals surface area (Å²) in [5.41, 5.74) is 3.16. The predicted molar refractivity (Wildman–Crippen MR) is 136 cm³/mol. The van der Waals surface area contributed by atoms with Gasteiger partial charge >= 0.3 is 0 Å². The number of rotatable bonds is 8. The third-order valence-corrected chi connectivity index (χ3v) is 5.72. The number of nitrogens with one attached hydrogen (secondary N) is 1. The molecule has 0 spiro atoms. The standard InChI is InChI=1S/C26H23ClN4O5/c1-16-10-17(2)18(3)25(11-16)36-23-13-20(12-21(14-23)31(33)34)29-26(32)24-8-9-28-30(24)15-35-22-6-4-19(27)5-7-22/h4-14H,15H2,1-3H3,(H,29,32). The second kappa shape index (κ2) is 10.5. The van der Waals surface area contributed by atoms with E-state index in [1.807, 2.05) is 32.9 Å². The average Bonchev–Trinajstić information content (AvgIpc) is 3.30. The number of nitrogens with zero attached hydrogens (tertiary/aromatic N) is 3. The Morgan fingerprint density at radius 3 is 2.53 bits per heavy atom.